The highest BCUT2D eigenvalue weighted by molar-refractivity contribution is 7.89. The molecule has 0 aliphatic carbocycles. The minimum absolute atomic E-state index is 0.0561. The van der Waals surface area contributed by atoms with Crippen molar-refractivity contribution in [1.82, 2.24) is 14.2 Å². The zero-order valence-electron chi connectivity index (χ0n) is 22.2. The molecule has 0 atom stereocenters. The Morgan fingerprint density at radius 3 is 2.38 bits per heavy atom. The van der Waals surface area contributed by atoms with Crippen molar-refractivity contribution in [2.24, 2.45) is 0 Å². The second kappa shape index (κ2) is 13.3. The Balaban J connectivity index is 1.57. The number of H-pyrrole nitrogens is 1. The van der Waals surface area contributed by atoms with E-state index in [9.17, 15) is 23.3 Å². The van der Waals surface area contributed by atoms with Crippen molar-refractivity contribution in [3.8, 4) is 0 Å². The first kappa shape index (κ1) is 28.9. The summed E-state index contributed by atoms with van der Waals surface area (Å²) in [6.45, 7) is 0.712. The number of nitrogens with zero attached hydrogens (tertiary/aromatic N) is 3. The third-order valence-electron chi connectivity index (χ3n) is 6.65. The van der Waals surface area contributed by atoms with Crippen LogP contribution in [0.5, 0.6) is 0 Å². The maximum atomic E-state index is 13.7. The van der Waals surface area contributed by atoms with Crippen molar-refractivity contribution in [1.29, 1.82) is 0 Å². The van der Waals surface area contributed by atoms with Crippen LogP contribution in [0.1, 0.15) is 17.5 Å². The van der Waals surface area contributed by atoms with Gasteiger partial charge in [-0.2, -0.15) is 4.31 Å². The molecule has 1 heterocycles. The molecule has 11 heteroatoms. The van der Waals surface area contributed by atoms with Crippen LogP contribution >= 0.6 is 0 Å². The SMILES string of the molecule is COCCCN(CC(=O)N(CCc1c[nH]c2ccccc12)Cc1ccccc1)S(=O)(=O)c1ccc([N+](=O)[O-])cc1. The molecule has 0 radical (unpaired) electrons. The van der Waals surface area contributed by atoms with Crippen LogP contribution in [0.15, 0.2) is 90.0 Å². The zero-order valence-corrected chi connectivity index (χ0v) is 23.0. The number of aromatic amines is 1. The number of nitro benzene ring substituents is 1. The predicted octanol–water partition coefficient (Wildman–Crippen LogP) is 4.37. The van der Waals surface area contributed by atoms with Gasteiger partial charge in [0.2, 0.25) is 15.9 Å². The number of methoxy groups -OCH3 is 1. The fourth-order valence-corrected chi connectivity index (χ4v) is 5.93. The first-order chi connectivity index (χ1) is 19.3. The van der Waals surface area contributed by atoms with E-state index in [0.717, 1.165) is 38.5 Å². The van der Waals surface area contributed by atoms with Gasteiger partial charge in [-0.1, -0.05) is 48.5 Å². The van der Waals surface area contributed by atoms with Crippen molar-refractivity contribution in [2.75, 3.05) is 33.4 Å². The van der Waals surface area contributed by atoms with Crippen LogP contribution in [-0.2, 0) is 32.5 Å². The van der Waals surface area contributed by atoms with Crippen LogP contribution in [0.3, 0.4) is 0 Å². The highest BCUT2D eigenvalue weighted by Gasteiger charge is 2.29. The van der Waals surface area contributed by atoms with E-state index in [2.05, 4.69) is 4.98 Å². The molecule has 1 aromatic heterocycles. The number of rotatable bonds is 14. The molecule has 0 saturated carbocycles. The third kappa shape index (κ3) is 7.12. The predicted molar refractivity (Wildman–Crippen MR) is 152 cm³/mol. The summed E-state index contributed by atoms with van der Waals surface area (Å²) < 4.78 is 33.3. The molecular formula is C29H32N4O6S. The molecule has 1 N–H and O–H groups in total. The second-order valence-electron chi connectivity index (χ2n) is 9.35. The molecule has 0 aliphatic rings. The van der Waals surface area contributed by atoms with E-state index in [-0.39, 0.29) is 29.6 Å². The number of ether oxygens (including phenoxy) is 1. The monoisotopic (exact) mass is 564 g/mol. The maximum absolute atomic E-state index is 13.7. The van der Waals surface area contributed by atoms with Gasteiger partial charge in [0.1, 0.15) is 0 Å². The molecule has 10 nitrogen and oxygen atoms in total. The van der Waals surface area contributed by atoms with Gasteiger partial charge in [-0.25, -0.2) is 8.42 Å². The van der Waals surface area contributed by atoms with E-state index in [1.54, 1.807) is 4.90 Å². The topological polar surface area (TPSA) is 126 Å². The number of aromatic nitrogens is 1. The number of non-ortho nitro benzene ring substituents is 1. The maximum Gasteiger partial charge on any atom is 0.269 e. The number of hydrogen-bond donors (Lipinski definition) is 1. The lowest BCUT2D eigenvalue weighted by atomic mass is 10.1. The lowest BCUT2D eigenvalue weighted by Crippen LogP contribution is -2.43. The Kier molecular flexibility index (Phi) is 9.65. The van der Waals surface area contributed by atoms with Crippen molar-refractivity contribution >= 4 is 32.5 Å². The molecule has 1 amide bonds. The highest BCUT2D eigenvalue weighted by Crippen LogP contribution is 2.22. The molecule has 0 unspecified atom stereocenters. The van der Waals surface area contributed by atoms with Gasteiger partial charge < -0.3 is 14.6 Å². The number of nitro groups is 1. The number of nitrogens with one attached hydrogen (secondary N) is 1. The minimum atomic E-state index is -4.11. The molecule has 40 heavy (non-hydrogen) atoms. The Bertz CT molecular complexity index is 1540. The number of carbonyl (C=O) groups is 1. The van der Waals surface area contributed by atoms with E-state index >= 15 is 0 Å². The fourth-order valence-electron chi connectivity index (χ4n) is 4.50. The Hall–Kier alpha value is -4.06. The number of sulfonamides is 1. The summed E-state index contributed by atoms with van der Waals surface area (Å²) in [5.41, 5.74) is 2.79. The summed E-state index contributed by atoms with van der Waals surface area (Å²) >= 11 is 0. The average Bonchev–Trinajstić information content (AvgIpc) is 3.38. The Morgan fingerprint density at radius 1 is 0.975 bits per heavy atom. The van der Waals surface area contributed by atoms with Gasteiger partial charge in [0.05, 0.1) is 16.4 Å². The Morgan fingerprint density at radius 2 is 1.68 bits per heavy atom. The van der Waals surface area contributed by atoms with Crippen molar-refractivity contribution in [2.45, 2.75) is 24.3 Å². The fraction of sp³-hybridized carbons (Fsp3) is 0.276. The minimum Gasteiger partial charge on any atom is -0.385 e. The number of benzene rings is 3. The van der Waals surface area contributed by atoms with Crippen LogP contribution < -0.4 is 0 Å². The van der Waals surface area contributed by atoms with Gasteiger partial charge in [-0.15, -0.1) is 0 Å². The van der Waals surface area contributed by atoms with Crippen LogP contribution in [0.25, 0.3) is 10.9 Å². The first-order valence-corrected chi connectivity index (χ1v) is 14.3. The highest BCUT2D eigenvalue weighted by atomic mass is 32.2. The largest absolute Gasteiger partial charge is 0.385 e. The normalized spacial score (nSPS) is 11.7. The molecular weight excluding hydrogens is 532 g/mol. The van der Waals surface area contributed by atoms with Crippen LogP contribution in [0.2, 0.25) is 0 Å². The molecule has 0 spiro atoms. The molecule has 210 valence electrons. The van der Waals surface area contributed by atoms with E-state index in [1.807, 2.05) is 60.8 Å². The van der Waals surface area contributed by atoms with E-state index in [4.69, 9.17) is 4.74 Å². The number of fused-ring (bicyclic) bond motifs is 1. The van der Waals surface area contributed by atoms with E-state index < -0.39 is 14.9 Å². The first-order valence-electron chi connectivity index (χ1n) is 12.9. The summed E-state index contributed by atoms with van der Waals surface area (Å²) in [5, 5.41) is 12.1. The van der Waals surface area contributed by atoms with Crippen LogP contribution in [0, 0.1) is 10.1 Å². The molecule has 0 saturated heterocycles. The van der Waals surface area contributed by atoms with Crippen LogP contribution in [0.4, 0.5) is 5.69 Å². The summed E-state index contributed by atoms with van der Waals surface area (Å²) in [4.78, 5) is 29.0. The van der Waals surface area contributed by atoms with Gasteiger partial charge in [0.15, 0.2) is 0 Å². The van der Waals surface area contributed by atoms with Crippen LogP contribution in [-0.4, -0.2) is 66.8 Å². The van der Waals surface area contributed by atoms with Gasteiger partial charge in [0, 0.05) is 62.6 Å². The van der Waals surface area contributed by atoms with Gasteiger partial charge in [-0.3, -0.25) is 14.9 Å². The number of amides is 1. The summed E-state index contributed by atoms with van der Waals surface area (Å²) in [6.07, 6.45) is 2.90. The van der Waals surface area contributed by atoms with Gasteiger partial charge in [0.25, 0.3) is 5.69 Å². The standard InChI is InChI=1S/C29H32N4O6S/c1-39-19-7-17-32(40(37,38)26-14-12-25(13-15-26)33(35)36)22-29(34)31(21-23-8-3-2-4-9-23)18-16-24-20-30-28-11-6-5-10-27(24)28/h2-6,8-15,20,30H,7,16-19,21-22H2,1H3. The molecule has 0 bridgehead atoms. The Labute approximate surface area is 233 Å². The lowest BCUT2D eigenvalue weighted by molar-refractivity contribution is -0.384. The number of para-hydroxylation sites is 1. The quantitative estimate of drug-likeness (QED) is 0.138. The molecule has 4 aromatic rings. The van der Waals surface area contributed by atoms with E-state index in [1.165, 1.54) is 19.2 Å². The molecule has 4 rings (SSSR count). The number of carbonyl (C=O) groups excluding carboxylic acids is 1. The third-order valence-corrected chi connectivity index (χ3v) is 8.51. The summed E-state index contributed by atoms with van der Waals surface area (Å²) in [6, 6.07) is 22.2. The zero-order chi connectivity index (χ0) is 28.5. The molecule has 0 fully saturated rings. The van der Waals surface area contributed by atoms with E-state index in [0.29, 0.717) is 32.5 Å². The number of hydrogen-bond acceptors (Lipinski definition) is 6. The van der Waals surface area contributed by atoms with Crippen molar-refractivity contribution < 1.29 is 22.9 Å². The second-order valence-corrected chi connectivity index (χ2v) is 11.3. The van der Waals surface area contributed by atoms with Gasteiger partial charge >= 0.3 is 0 Å². The molecule has 3 aromatic carbocycles. The molecule has 0 aliphatic heterocycles. The van der Waals surface area contributed by atoms with Gasteiger partial charge in [-0.05, 0) is 42.2 Å². The van der Waals surface area contributed by atoms with Crippen molar-refractivity contribution in [3.05, 3.63) is 106 Å². The lowest BCUT2D eigenvalue weighted by Gasteiger charge is -2.27. The average molecular weight is 565 g/mol. The van der Waals surface area contributed by atoms with Crippen molar-refractivity contribution in [3.63, 3.8) is 0 Å². The summed E-state index contributed by atoms with van der Waals surface area (Å²) in [5.74, 6) is -0.341. The smallest absolute Gasteiger partial charge is 0.269 e. The summed E-state index contributed by atoms with van der Waals surface area (Å²) in [7, 11) is -2.59.